The minimum absolute atomic E-state index is 0.0354. The molecular weight excluding hydrogens is 379 g/mol. The van der Waals surface area contributed by atoms with Gasteiger partial charge in [-0.1, -0.05) is 0 Å². The first-order valence-corrected chi connectivity index (χ1v) is 9.80. The fourth-order valence-electron chi connectivity index (χ4n) is 3.03. The molecule has 0 saturated heterocycles. The van der Waals surface area contributed by atoms with Gasteiger partial charge >= 0.3 is 0 Å². The van der Waals surface area contributed by atoms with Crippen molar-refractivity contribution < 1.29 is 9.50 Å². The number of hydrogen-bond acceptors (Lipinski definition) is 7. The molecule has 3 heterocycles. The van der Waals surface area contributed by atoms with E-state index in [2.05, 4.69) is 30.2 Å². The van der Waals surface area contributed by atoms with Gasteiger partial charge in [0.05, 0.1) is 24.5 Å². The normalized spacial score (nSPS) is 12.6. The summed E-state index contributed by atoms with van der Waals surface area (Å²) in [5.41, 5.74) is 3.43. The van der Waals surface area contributed by atoms with Crippen LogP contribution in [0.1, 0.15) is 24.1 Å². The van der Waals surface area contributed by atoms with Crippen LogP contribution in [0.15, 0.2) is 35.9 Å². The van der Waals surface area contributed by atoms with E-state index < -0.39 is 0 Å². The summed E-state index contributed by atoms with van der Waals surface area (Å²) in [4.78, 5) is 20.3. The first-order chi connectivity index (χ1) is 13.6. The average Bonchev–Trinajstić information content (AvgIpc) is 3.16. The molecule has 0 fully saturated rings. The fraction of sp³-hybridized carbons (Fsp3) is 0.263. The third-order valence-corrected chi connectivity index (χ3v) is 5.44. The Hall–Kier alpha value is -2.78. The van der Waals surface area contributed by atoms with E-state index in [-0.39, 0.29) is 18.5 Å². The first-order valence-electron chi connectivity index (χ1n) is 8.82. The Morgan fingerprint density at radius 2 is 2.11 bits per heavy atom. The second-order valence-electron chi connectivity index (χ2n) is 6.44. The highest BCUT2D eigenvalue weighted by atomic mass is 32.2. The van der Waals surface area contributed by atoms with Crippen LogP contribution in [-0.2, 0) is 0 Å². The number of pyridine rings is 1. The number of aliphatic hydroxyl groups excluding tert-OH is 1. The standard InChI is InChI=1S/C19H19FN6OS/c1-10-5-12-6-13(19(28-4-3-27)26-15(12)7-14(10)20)11(2)25-18-16-17(22-8-21-16)23-9-24-18/h5-9,11,27H,3-4H2,1-2H3,(H2,21,22,23,24,25)/t11-/m0/s1. The quantitative estimate of drug-likeness (QED) is 0.427. The highest BCUT2D eigenvalue weighted by Gasteiger charge is 2.17. The van der Waals surface area contributed by atoms with Gasteiger partial charge in [0.1, 0.15) is 22.7 Å². The Morgan fingerprint density at radius 3 is 2.93 bits per heavy atom. The van der Waals surface area contributed by atoms with Gasteiger partial charge in [-0.05, 0) is 31.5 Å². The molecule has 0 spiro atoms. The second kappa shape index (κ2) is 7.69. The van der Waals surface area contributed by atoms with Crippen molar-refractivity contribution in [3.63, 3.8) is 0 Å². The summed E-state index contributed by atoms with van der Waals surface area (Å²) in [6.07, 6.45) is 3.05. The lowest BCUT2D eigenvalue weighted by atomic mass is 10.1. The minimum atomic E-state index is -0.279. The number of aromatic nitrogens is 5. The van der Waals surface area contributed by atoms with Crippen molar-refractivity contribution in [2.24, 2.45) is 0 Å². The van der Waals surface area contributed by atoms with E-state index in [1.807, 2.05) is 13.0 Å². The lowest BCUT2D eigenvalue weighted by molar-refractivity contribution is 0.322. The van der Waals surface area contributed by atoms with Crippen molar-refractivity contribution in [3.8, 4) is 0 Å². The lowest BCUT2D eigenvalue weighted by Crippen LogP contribution is -2.11. The summed E-state index contributed by atoms with van der Waals surface area (Å²) in [5.74, 6) is 0.843. The molecule has 3 N–H and O–H groups in total. The average molecular weight is 398 g/mol. The number of fused-ring (bicyclic) bond motifs is 2. The van der Waals surface area contributed by atoms with Crippen molar-refractivity contribution >= 4 is 39.6 Å². The van der Waals surface area contributed by atoms with Crippen LogP contribution in [0.2, 0.25) is 0 Å². The Bertz CT molecular complexity index is 1150. The smallest absolute Gasteiger partial charge is 0.162 e. The summed E-state index contributed by atoms with van der Waals surface area (Å²) < 4.78 is 14.0. The number of rotatable bonds is 6. The maximum Gasteiger partial charge on any atom is 0.162 e. The van der Waals surface area contributed by atoms with Crippen molar-refractivity contribution in [2.75, 3.05) is 17.7 Å². The number of halogens is 1. The molecular formula is C19H19FN6OS. The van der Waals surface area contributed by atoms with Crippen LogP contribution in [-0.4, -0.2) is 42.4 Å². The molecule has 4 rings (SSSR count). The van der Waals surface area contributed by atoms with E-state index in [9.17, 15) is 9.50 Å². The Balaban J connectivity index is 1.76. The van der Waals surface area contributed by atoms with Gasteiger partial charge in [0.25, 0.3) is 0 Å². The van der Waals surface area contributed by atoms with Gasteiger partial charge in [-0.3, -0.25) is 0 Å². The van der Waals surface area contributed by atoms with E-state index in [4.69, 9.17) is 0 Å². The number of benzene rings is 1. The zero-order chi connectivity index (χ0) is 19.7. The van der Waals surface area contributed by atoms with Gasteiger partial charge in [0, 0.05) is 22.8 Å². The highest BCUT2D eigenvalue weighted by Crippen LogP contribution is 2.32. The van der Waals surface area contributed by atoms with Gasteiger partial charge in [0.15, 0.2) is 11.5 Å². The lowest BCUT2D eigenvalue weighted by Gasteiger charge is -2.19. The third kappa shape index (κ3) is 3.50. The van der Waals surface area contributed by atoms with E-state index >= 15 is 0 Å². The maximum absolute atomic E-state index is 14.0. The molecule has 1 aromatic carbocycles. The molecule has 144 valence electrons. The van der Waals surface area contributed by atoms with Crippen LogP contribution in [0.4, 0.5) is 10.2 Å². The van der Waals surface area contributed by atoms with E-state index in [1.54, 1.807) is 19.3 Å². The van der Waals surface area contributed by atoms with E-state index in [0.29, 0.717) is 33.8 Å². The first kappa shape index (κ1) is 18.6. The largest absolute Gasteiger partial charge is 0.396 e. The molecule has 0 aliphatic heterocycles. The summed E-state index contributed by atoms with van der Waals surface area (Å²) in [7, 11) is 0. The SMILES string of the molecule is Cc1cc2cc([C@H](C)Nc3ncnc4[nH]cnc34)c(SCCO)nc2cc1F. The highest BCUT2D eigenvalue weighted by molar-refractivity contribution is 7.99. The summed E-state index contributed by atoms with van der Waals surface area (Å²) in [6, 6.07) is 5.12. The third-order valence-electron chi connectivity index (χ3n) is 4.45. The van der Waals surface area contributed by atoms with Gasteiger partial charge < -0.3 is 15.4 Å². The molecule has 0 aliphatic rings. The van der Waals surface area contributed by atoms with E-state index in [1.165, 1.54) is 24.2 Å². The summed E-state index contributed by atoms with van der Waals surface area (Å²) in [5, 5.41) is 14.2. The number of thioether (sulfide) groups is 1. The van der Waals surface area contributed by atoms with Crippen molar-refractivity contribution in [2.45, 2.75) is 24.9 Å². The molecule has 1 atom stereocenters. The van der Waals surface area contributed by atoms with Crippen LogP contribution in [0, 0.1) is 12.7 Å². The van der Waals surface area contributed by atoms with Crippen LogP contribution in [0.25, 0.3) is 22.1 Å². The van der Waals surface area contributed by atoms with Crippen molar-refractivity contribution in [1.29, 1.82) is 0 Å². The van der Waals surface area contributed by atoms with Crippen LogP contribution < -0.4 is 5.32 Å². The number of H-pyrrole nitrogens is 1. The molecule has 4 aromatic rings. The van der Waals surface area contributed by atoms with Gasteiger partial charge in [-0.15, -0.1) is 11.8 Å². The van der Waals surface area contributed by atoms with Gasteiger partial charge in [0.2, 0.25) is 0 Å². The van der Waals surface area contributed by atoms with Crippen molar-refractivity contribution in [3.05, 3.63) is 47.8 Å². The maximum atomic E-state index is 14.0. The Labute approximate surface area is 164 Å². The molecule has 0 unspecified atom stereocenters. The van der Waals surface area contributed by atoms with Gasteiger partial charge in [-0.2, -0.15) is 0 Å². The number of aromatic amines is 1. The van der Waals surface area contributed by atoms with Crippen LogP contribution in [0.3, 0.4) is 0 Å². The molecule has 0 aliphatic carbocycles. The molecule has 28 heavy (non-hydrogen) atoms. The molecule has 0 radical (unpaired) electrons. The van der Waals surface area contributed by atoms with Crippen molar-refractivity contribution in [1.82, 2.24) is 24.9 Å². The number of hydrogen-bond donors (Lipinski definition) is 3. The number of imidazole rings is 1. The molecule has 0 amide bonds. The molecule has 9 heteroatoms. The number of nitrogens with zero attached hydrogens (tertiary/aromatic N) is 4. The van der Waals surface area contributed by atoms with E-state index in [0.717, 1.165) is 16.0 Å². The molecule has 0 saturated carbocycles. The Morgan fingerprint density at radius 1 is 1.25 bits per heavy atom. The van der Waals surface area contributed by atoms with Crippen LogP contribution in [0.5, 0.6) is 0 Å². The zero-order valence-corrected chi connectivity index (χ0v) is 16.2. The fourth-order valence-corrected chi connectivity index (χ4v) is 3.88. The number of anilines is 1. The number of aliphatic hydroxyl groups is 1. The number of nitrogens with one attached hydrogen (secondary N) is 2. The zero-order valence-electron chi connectivity index (χ0n) is 15.4. The minimum Gasteiger partial charge on any atom is -0.396 e. The monoisotopic (exact) mass is 398 g/mol. The second-order valence-corrected chi connectivity index (χ2v) is 7.52. The predicted octanol–water partition coefficient (Wildman–Crippen LogP) is 3.61. The summed E-state index contributed by atoms with van der Waals surface area (Å²) in [6.45, 7) is 3.77. The molecule has 3 aromatic heterocycles. The van der Waals surface area contributed by atoms with Gasteiger partial charge in [-0.25, -0.2) is 24.3 Å². The molecule has 0 bridgehead atoms. The molecule has 7 nitrogen and oxygen atoms in total. The topological polar surface area (TPSA) is 99.6 Å². The Kier molecular flexibility index (Phi) is 5.10. The number of aryl methyl sites for hydroxylation is 1. The summed E-state index contributed by atoms with van der Waals surface area (Å²) >= 11 is 1.44. The van der Waals surface area contributed by atoms with Crippen LogP contribution >= 0.6 is 11.8 Å². The predicted molar refractivity (Wildman–Crippen MR) is 108 cm³/mol.